The van der Waals surface area contributed by atoms with Crippen LogP contribution in [-0.2, 0) is 9.53 Å². The molecule has 1 saturated carbocycles. The van der Waals surface area contributed by atoms with Crippen LogP contribution in [0.25, 0.3) is 0 Å². The maximum Gasteiger partial charge on any atom is 0.128 e. The van der Waals surface area contributed by atoms with Crippen LogP contribution in [0, 0.1) is 0 Å². The Kier molecular flexibility index (Phi) is 3.91. The molecule has 0 aliphatic heterocycles. The predicted molar refractivity (Wildman–Crippen MR) is 75.6 cm³/mol. The summed E-state index contributed by atoms with van der Waals surface area (Å²) >= 11 is 0. The summed E-state index contributed by atoms with van der Waals surface area (Å²) in [6.07, 6.45) is -0.215. The lowest BCUT2D eigenvalue weighted by Crippen LogP contribution is -2.38. The summed E-state index contributed by atoms with van der Waals surface area (Å²) in [5.74, 6) is 2.02. The van der Waals surface area contributed by atoms with Gasteiger partial charge in [-0.15, -0.1) is 0 Å². The molecule has 1 aliphatic carbocycles. The van der Waals surface area contributed by atoms with Gasteiger partial charge in [0.05, 0.1) is 17.2 Å². The zero-order chi connectivity index (χ0) is 14.0. The number of ether oxygens (including phenoxy) is 1. The van der Waals surface area contributed by atoms with Crippen molar-refractivity contribution >= 4 is 5.94 Å². The number of hydrogen-bond donors (Lipinski definition) is 1. The van der Waals surface area contributed by atoms with Crippen molar-refractivity contribution in [1.82, 2.24) is 5.32 Å². The Hall–Kier alpha value is -1.41. The van der Waals surface area contributed by atoms with Crippen molar-refractivity contribution in [2.75, 3.05) is 0 Å². The Morgan fingerprint density at radius 2 is 1.89 bits per heavy atom. The molecule has 1 aromatic carbocycles. The highest BCUT2D eigenvalue weighted by atomic mass is 16.5. The van der Waals surface area contributed by atoms with Gasteiger partial charge in [-0.25, -0.2) is 4.79 Å². The third kappa shape index (κ3) is 2.79. The Bertz CT molecular complexity index is 491. The lowest BCUT2D eigenvalue weighted by molar-refractivity contribution is 0.0403. The van der Waals surface area contributed by atoms with E-state index in [1.54, 1.807) is 0 Å². The SMILES string of the molecule is CC(C)NC1(C)C(=C=O)C1OC(C)c1ccccc1. The first-order chi connectivity index (χ1) is 8.99. The number of benzene rings is 1. The van der Waals surface area contributed by atoms with E-state index in [2.05, 4.69) is 19.2 Å². The van der Waals surface area contributed by atoms with Crippen molar-refractivity contribution < 1.29 is 9.53 Å². The lowest BCUT2D eigenvalue weighted by atomic mass is 10.1. The third-order valence-electron chi connectivity index (χ3n) is 3.57. The van der Waals surface area contributed by atoms with Gasteiger partial charge in [0.25, 0.3) is 0 Å². The van der Waals surface area contributed by atoms with Crippen LogP contribution in [0.1, 0.15) is 39.4 Å². The number of nitrogens with one attached hydrogen (secondary N) is 1. The van der Waals surface area contributed by atoms with Crippen molar-refractivity contribution in [2.45, 2.75) is 51.5 Å². The van der Waals surface area contributed by atoms with Crippen LogP contribution in [0.15, 0.2) is 35.9 Å². The van der Waals surface area contributed by atoms with Gasteiger partial charge in [-0.05, 0) is 33.3 Å². The molecule has 0 bridgehead atoms. The van der Waals surface area contributed by atoms with Crippen LogP contribution in [-0.4, -0.2) is 23.6 Å². The van der Waals surface area contributed by atoms with Crippen LogP contribution in [0.2, 0.25) is 0 Å². The summed E-state index contributed by atoms with van der Waals surface area (Å²) in [6.45, 7) is 8.12. The summed E-state index contributed by atoms with van der Waals surface area (Å²) < 4.78 is 6.01. The first kappa shape index (κ1) is 14.0. The molecule has 3 unspecified atom stereocenters. The summed E-state index contributed by atoms with van der Waals surface area (Å²) in [5, 5.41) is 3.38. The minimum absolute atomic E-state index is 0.0367. The van der Waals surface area contributed by atoms with Gasteiger partial charge in [-0.2, -0.15) is 0 Å². The first-order valence-corrected chi connectivity index (χ1v) is 6.72. The van der Waals surface area contributed by atoms with Gasteiger partial charge < -0.3 is 10.1 Å². The van der Waals surface area contributed by atoms with E-state index in [0.717, 1.165) is 5.56 Å². The molecule has 19 heavy (non-hydrogen) atoms. The summed E-state index contributed by atoms with van der Waals surface area (Å²) in [6, 6.07) is 10.3. The van der Waals surface area contributed by atoms with Crippen LogP contribution < -0.4 is 5.32 Å². The van der Waals surface area contributed by atoms with Crippen LogP contribution >= 0.6 is 0 Å². The molecule has 0 saturated heterocycles. The highest BCUT2D eigenvalue weighted by Crippen LogP contribution is 2.46. The van der Waals surface area contributed by atoms with Crippen molar-refractivity contribution in [3.05, 3.63) is 41.5 Å². The minimum Gasteiger partial charge on any atom is -0.363 e. The molecule has 1 aliphatic rings. The standard InChI is InChI=1S/C16H21NO2/c1-11(2)17-16(4)14(10-18)15(16)19-12(3)13-8-6-5-7-9-13/h5-9,11-12,15,17H,1-4H3. The average molecular weight is 259 g/mol. The molecule has 0 radical (unpaired) electrons. The van der Waals surface area contributed by atoms with Gasteiger partial charge >= 0.3 is 0 Å². The summed E-state index contributed by atoms with van der Waals surface area (Å²) in [4.78, 5) is 11.0. The van der Waals surface area contributed by atoms with Gasteiger partial charge in [-0.1, -0.05) is 30.3 Å². The lowest BCUT2D eigenvalue weighted by Gasteiger charge is -2.18. The fraction of sp³-hybridized carbons (Fsp3) is 0.500. The van der Waals surface area contributed by atoms with E-state index in [1.807, 2.05) is 50.1 Å². The number of hydrogen-bond acceptors (Lipinski definition) is 3. The van der Waals surface area contributed by atoms with Crippen molar-refractivity contribution in [3.8, 4) is 0 Å². The Morgan fingerprint density at radius 3 is 2.42 bits per heavy atom. The second-order valence-electron chi connectivity index (χ2n) is 5.59. The van der Waals surface area contributed by atoms with E-state index in [1.165, 1.54) is 0 Å². The van der Waals surface area contributed by atoms with Crippen molar-refractivity contribution in [1.29, 1.82) is 0 Å². The topological polar surface area (TPSA) is 38.3 Å². The molecule has 0 heterocycles. The van der Waals surface area contributed by atoms with E-state index < -0.39 is 0 Å². The molecule has 1 N–H and O–H groups in total. The number of rotatable bonds is 5. The second kappa shape index (κ2) is 5.30. The largest absolute Gasteiger partial charge is 0.363 e. The van der Waals surface area contributed by atoms with E-state index in [-0.39, 0.29) is 17.7 Å². The molecule has 3 atom stereocenters. The van der Waals surface area contributed by atoms with Crippen molar-refractivity contribution in [2.24, 2.45) is 0 Å². The number of carbonyl (C=O) groups excluding carboxylic acids is 1. The van der Waals surface area contributed by atoms with Gasteiger partial charge in [0.1, 0.15) is 12.0 Å². The highest BCUT2D eigenvalue weighted by molar-refractivity contribution is 5.70. The maximum absolute atomic E-state index is 11.0. The van der Waals surface area contributed by atoms with Gasteiger partial charge in [0.15, 0.2) is 0 Å². The molecule has 1 aromatic rings. The van der Waals surface area contributed by atoms with E-state index in [0.29, 0.717) is 11.6 Å². The monoisotopic (exact) mass is 259 g/mol. The fourth-order valence-electron chi connectivity index (χ4n) is 2.53. The van der Waals surface area contributed by atoms with Crippen LogP contribution in [0.4, 0.5) is 0 Å². The van der Waals surface area contributed by atoms with E-state index >= 15 is 0 Å². The first-order valence-electron chi connectivity index (χ1n) is 6.72. The molecule has 0 aromatic heterocycles. The summed E-state index contributed by atoms with van der Waals surface area (Å²) in [7, 11) is 0. The van der Waals surface area contributed by atoms with Gasteiger partial charge in [-0.3, -0.25) is 0 Å². The summed E-state index contributed by atoms with van der Waals surface area (Å²) in [5.41, 5.74) is 1.44. The molecule has 0 spiro atoms. The zero-order valence-corrected chi connectivity index (χ0v) is 11.9. The van der Waals surface area contributed by atoms with Crippen LogP contribution in [0.5, 0.6) is 0 Å². The molecule has 3 heteroatoms. The van der Waals surface area contributed by atoms with E-state index in [4.69, 9.17) is 4.74 Å². The van der Waals surface area contributed by atoms with Gasteiger partial charge in [0.2, 0.25) is 0 Å². The maximum atomic E-state index is 11.0. The Labute approximate surface area is 114 Å². The van der Waals surface area contributed by atoms with E-state index in [9.17, 15) is 4.79 Å². The normalized spacial score (nSPS) is 27.2. The van der Waals surface area contributed by atoms with Crippen molar-refractivity contribution in [3.63, 3.8) is 0 Å². The quantitative estimate of drug-likeness (QED) is 0.826. The molecule has 2 rings (SSSR count). The zero-order valence-electron chi connectivity index (χ0n) is 11.9. The molecular weight excluding hydrogens is 238 g/mol. The Morgan fingerprint density at radius 1 is 1.26 bits per heavy atom. The van der Waals surface area contributed by atoms with Gasteiger partial charge in [0, 0.05) is 6.04 Å². The molecule has 0 amide bonds. The minimum atomic E-state index is -0.362. The predicted octanol–water partition coefficient (Wildman–Crippen LogP) is 2.66. The molecule has 102 valence electrons. The molecular formula is C16H21NO2. The van der Waals surface area contributed by atoms with Crippen LogP contribution in [0.3, 0.4) is 0 Å². The smallest absolute Gasteiger partial charge is 0.128 e. The second-order valence-corrected chi connectivity index (χ2v) is 5.59. The Balaban J connectivity index is 2.06. The third-order valence-corrected chi connectivity index (χ3v) is 3.57. The molecule has 1 fully saturated rings. The highest BCUT2D eigenvalue weighted by Gasteiger charge is 2.60. The average Bonchev–Trinajstić information content (AvgIpc) is 2.92. The fourth-order valence-corrected chi connectivity index (χ4v) is 2.53. The molecule has 3 nitrogen and oxygen atoms in total.